The van der Waals surface area contributed by atoms with E-state index in [1.807, 2.05) is 40.3 Å². The molecule has 1 fully saturated rings. The summed E-state index contributed by atoms with van der Waals surface area (Å²) in [5.74, 6) is 0.972. The fourth-order valence-corrected chi connectivity index (χ4v) is 4.24. The van der Waals surface area contributed by atoms with Crippen LogP contribution in [0, 0.1) is 6.92 Å². The molecule has 2 aromatic rings. The lowest BCUT2D eigenvalue weighted by Gasteiger charge is -2.35. The number of carbonyl (C=O) groups excluding carboxylic acids is 2. The van der Waals surface area contributed by atoms with Crippen LogP contribution < -0.4 is 0 Å². The number of fused-ring (bicyclic) bond motifs is 1. The number of aryl methyl sites for hydroxylation is 1. The zero-order valence-corrected chi connectivity index (χ0v) is 17.2. The van der Waals surface area contributed by atoms with Gasteiger partial charge in [-0.1, -0.05) is 29.8 Å². The van der Waals surface area contributed by atoms with Gasteiger partial charge in [0.05, 0.1) is 18.2 Å². The molecule has 0 spiro atoms. The predicted octanol–water partition coefficient (Wildman–Crippen LogP) is 2.99. The molecule has 0 unspecified atom stereocenters. The molecule has 0 saturated carbocycles. The highest BCUT2D eigenvalue weighted by Gasteiger charge is 2.31. The molecule has 1 aromatic heterocycles. The molecule has 6 heteroatoms. The van der Waals surface area contributed by atoms with Gasteiger partial charge in [-0.15, -0.1) is 0 Å². The number of rotatable bonds is 3. The van der Waals surface area contributed by atoms with E-state index in [1.165, 1.54) is 5.56 Å². The molecule has 2 amide bonds. The molecular weight excluding hydrogens is 364 g/mol. The van der Waals surface area contributed by atoms with Crippen molar-refractivity contribution >= 4 is 11.8 Å². The zero-order valence-electron chi connectivity index (χ0n) is 17.2. The highest BCUT2D eigenvalue weighted by Crippen LogP contribution is 2.30. The molecule has 0 N–H and O–H groups in total. The summed E-state index contributed by atoms with van der Waals surface area (Å²) in [6, 6.07) is 8.10. The van der Waals surface area contributed by atoms with Gasteiger partial charge in [0.25, 0.3) is 0 Å². The van der Waals surface area contributed by atoms with E-state index in [-0.39, 0.29) is 17.9 Å². The third kappa shape index (κ3) is 4.31. The SMILES string of the molecule is CC(=O)N1CCc2nc([C@@H]3CCCCN3C(=O)Cc3ccc(C)cc3)ncc2C1. The summed E-state index contributed by atoms with van der Waals surface area (Å²) in [4.78, 5) is 38.0. The molecule has 29 heavy (non-hydrogen) atoms. The molecule has 6 nitrogen and oxygen atoms in total. The Hall–Kier alpha value is -2.76. The van der Waals surface area contributed by atoms with Gasteiger partial charge in [-0.2, -0.15) is 0 Å². The van der Waals surface area contributed by atoms with Crippen LogP contribution in [0.5, 0.6) is 0 Å². The number of aromatic nitrogens is 2. The molecule has 0 radical (unpaired) electrons. The maximum absolute atomic E-state index is 13.1. The summed E-state index contributed by atoms with van der Waals surface area (Å²) < 4.78 is 0. The Morgan fingerprint density at radius 3 is 2.69 bits per heavy atom. The van der Waals surface area contributed by atoms with Gasteiger partial charge < -0.3 is 9.80 Å². The van der Waals surface area contributed by atoms with Gasteiger partial charge in [-0.3, -0.25) is 9.59 Å². The minimum atomic E-state index is -0.0576. The number of piperidine rings is 1. The molecule has 1 aromatic carbocycles. The average Bonchev–Trinajstić information content (AvgIpc) is 2.74. The van der Waals surface area contributed by atoms with E-state index < -0.39 is 0 Å². The first kappa shape index (κ1) is 19.6. The highest BCUT2D eigenvalue weighted by molar-refractivity contribution is 5.79. The lowest BCUT2D eigenvalue weighted by atomic mass is 9.99. The standard InChI is InChI=1S/C23H28N4O2/c1-16-6-8-18(9-7-16)13-22(29)27-11-4-3-5-21(27)23-24-14-19-15-26(17(2)28)12-10-20(19)25-23/h6-9,14,21H,3-5,10-13,15H2,1-2H3/t21-/m0/s1. The Morgan fingerprint density at radius 2 is 1.93 bits per heavy atom. The van der Waals surface area contributed by atoms with Crippen molar-refractivity contribution in [3.8, 4) is 0 Å². The first-order valence-electron chi connectivity index (χ1n) is 10.5. The van der Waals surface area contributed by atoms with E-state index in [2.05, 4.69) is 11.9 Å². The fraction of sp³-hybridized carbons (Fsp3) is 0.478. The van der Waals surface area contributed by atoms with E-state index in [0.29, 0.717) is 19.5 Å². The van der Waals surface area contributed by atoms with E-state index in [0.717, 1.165) is 54.9 Å². The molecule has 0 bridgehead atoms. The van der Waals surface area contributed by atoms with E-state index >= 15 is 0 Å². The smallest absolute Gasteiger partial charge is 0.227 e. The Bertz CT molecular complexity index is 910. The first-order valence-corrected chi connectivity index (χ1v) is 10.5. The zero-order chi connectivity index (χ0) is 20.4. The van der Waals surface area contributed by atoms with Crippen LogP contribution in [0.1, 0.15) is 60.4 Å². The second kappa shape index (κ2) is 8.31. The van der Waals surface area contributed by atoms with Crippen molar-refractivity contribution in [2.24, 2.45) is 0 Å². The molecule has 152 valence electrons. The van der Waals surface area contributed by atoms with Crippen molar-refractivity contribution in [2.75, 3.05) is 13.1 Å². The molecular formula is C23H28N4O2. The van der Waals surface area contributed by atoms with Gasteiger partial charge in [0.15, 0.2) is 5.82 Å². The summed E-state index contributed by atoms with van der Waals surface area (Å²) in [6.07, 6.45) is 6.01. The average molecular weight is 393 g/mol. The van der Waals surface area contributed by atoms with Crippen LogP contribution in [0.15, 0.2) is 30.5 Å². The van der Waals surface area contributed by atoms with Gasteiger partial charge >= 0.3 is 0 Å². The summed E-state index contributed by atoms with van der Waals surface area (Å²) >= 11 is 0. The molecule has 2 aliphatic rings. The quantitative estimate of drug-likeness (QED) is 0.805. The Kier molecular flexibility index (Phi) is 5.60. The Balaban J connectivity index is 1.52. The second-order valence-electron chi connectivity index (χ2n) is 8.15. The van der Waals surface area contributed by atoms with Crippen molar-refractivity contribution in [3.05, 3.63) is 58.7 Å². The largest absolute Gasteiger partial charge is 0.338 e. The lowest BCUT2D eigenvalue weighted by molar-refractivity contribution is -0.134. The van der Waals surface area contributed by atoms with Crippen LogP contribution in [0.2, 0.25) is 0 Å². The molecule has 1 saturated heterocycles. The first-order chi connectivity index (χ1) is 14.0. The summed E-state index contributed by atoms with van der Waals surface area (Å²) in [5, 5.41) is 0. The number of carbonyl (C=O) groups is 2. The molecule has 1 atom stereocenters. The molecule has 2 aliphatic heterocycles. The maximum Gasteiger partial charge on any atom is 0.227 e. The molecule has 4 rings (SSSR count). The monoisotopic (exact) mass is 392 g/mol. The minimum absolute atomic E-state index is 0.0576. The molecule has 0 aliphatic carbocycles. The van der Waals surface area contributed by atoms with Crippen LogP contribution in [-0.4, -0.2) is 44.7 Å². The molecule has 3 heterocycles. The Morgan fingerprint density at radius 1 is 1.14 bits per heavy atom. The van der Waals surface area contributed by atoms with Crippen LogP contribution in [0.3, 0.4) is 0 Å². The van der Waals surface area contributed by atoms with Gasteiger partial charge in [0.1, 0.15) is 0 Å². The van der Waals surface area contributed by atoms with Crippen molar-refractivity contribution in [1.29, 1.82) is 0 Å². The predicted molar refractivity (Wildman–Crippen MR) is 110 cm³/mol. The Labute approximate surface area is 172 Å². The normalized spacial score (nSPS) is 19.0. The van der Waals surface area contributed by atoms with Crippen LogP contribution in [0.4, 0.5) is 0 Å². The van der Waals surface area contributed by atoms with Crippen LogP contribution in [0.25, 0.3) is 0 Å². The number of nitrogens with zero attached hydrogens (tertiary/aromatic N) is 4. The van der Waals surface area contributed by atoms with Crippen LogP contribution in [-0.2, 0) is 29.0 Å². The minimum Gasteiger partial charge on any atom is -0.338 e. The van der Waals surface area contributed by atoms with Gasteiger partial charge in [0, 0.05) is 44.7 Å². The van der Waals surface area contributed by atoms with E-state index in [4.69, 9.17) is 4.98 Å². The van der Waals surface area contributed by atoms with Gasteiger partial charge in [-0.05, 0) is 31.7 Å². The van der Waals surface area contributed by atoms with Gasteiger partial charge in [0.2, 0.25) is 11.8 Å². The summed E-state index contributed by atoms with van der Waals surface area (Å²) in [6.45, 7) is 5.67. The maximum atomic E-state index is 13.1. The van der Waals surface area contributed by atoms with Crippen molar-refractivity contribution in [2.45, 2.75) is 58.5 Å². The second-order valence-corrected chi connectivity index (χ2v) is 8.15. The number of benzene rings is 1. The van der Waals surface area contributed by atoms with Crippen LogP contribution >= 0.6 is 0 Å². The van der Waals surface area contributed by atoms with E-state index in [9.17, 15) is 9.59 Å². The summed E-state index contributed by atoms with van der Waals surface area (Å²) in [5.41, 5.74) is 4.27. The highest BCUT2D eigenvalue weighted by atomic mass is 16.2. The topological polar surface area (TPSA) is 66.4 Å². The number of hydrogen-bond donors (Lipinski definition) is 0. The van der Waals surface area contributed by atoms with Crippen molar-refractivity contribution in [1.82, 2.24) is 19.8 Å². The lowest BCUT2D eigenvalue weighted by Crippen LogP contribution is -2.40. The summed E-state index contributed by atoms with van der Waals surface area (Å²) in [7, 11) is 0. The number of amides is 2. The third-order valence-corrected chi connectivity index (χ3v) is 6.00. The van der Waals surface area contributed by atoms with Gasteiger partial charge in [-0.25, -0.2) is 9.97 Å². The number of hydrogen-bond acceptors (Lipinski definition) is 4. The van der Waals surface area contributed by atoms with Crippen molar-refractivity contribution < 1.29 is 9.59 Å². The fourth-order valence-electron chi connectivity index (χ4n) is 4.24. The third-order valence-electron chi connectivity index (χ3n) is 6.00. The van der Waals surface area contributed by atoms with Crippen molar-refractivity contribution in [3.63, 3.8) is 0 Å². The number of likely N-dealkylation sites (tertiary alicyclic amines) is 1. The van der Waals surface area contributed by atoms with E-state index in [1.54, 1.807) is 6.92 Å².